The summed E-state index contributed by atoms with van der Waals surface area (Å²) in [6, 6.07) is 11.9. The predicted molar refractivity (Wildman–Crippen MR) is 94.0 cm³/mol. The second kappa shape index (κ2) is 7.66. The number of nitrogens with two attached hydrogens (primary N) is 1. The van der Waals surface area contributed by atoms with Crippen molar-refractivity contribution in [3.8, 4) is 5.75 Å². The molecule has 118 valence electrons. The molecule has 0 spiro atoms. The van der Waals surface area contributed by atoms with E-state index in [4.69, 9.17) is 22.1 Å². The lowest BCUT2D eigenvalue weighted by atomic mass is 9.87. The lowest BCUT2D eigenvalue weighted by Crippen LogP contribution is -2.18. The Bertz CT molecular complexity index is 599. The standard InChI is InChI=1S/C19H24ClNO/c1-13-10-14(2)19(15(3)11-13)16(12-21)8-9-22-18-6-4-17(20)5-7-18/h4-7,10-11,16H,8-9,12,21H2,1-3H3. The Morgan fingerprint density at radius 3 is 2.18 bits per heavy atom. The summed E-state index contributed by atoms with van der Waals surface area (Å²) in [6.07, 6.45) is 0.907. The molecule has 0 saturated heterocycles. The third-order valence-electron chi connectivity index (χ3n) is 3.98. The fourth-order valence-corrected chi connectivity index (χ4v) is 3.19. The van der Waals surface area contributed by atoms with Crippen molar-refractivity contribution < 1.29 is 4.74 Å². The van der Waals surface area contributed by atoms with Gasteiger partial charge in [-0.25, -0.2) is 0 Å². The lowest BCUT2D eigenvalue weighted by molar-refractivity contribution is 0.298. The van der Waals surface area contributed by atoms with Gasteiger partial charge in [-0.1, -0.05) is 29.3 Å². The SMILES string of the molecule is Cc1cc(C)c(C(CN)CCOc2ccc(Cl)cc2)c(C)c1. The quantitative estimate of drug-likeness (QED) is 0.832. The largest absolute Gasteiger partial charge is 0.494 e. The van der Waals surface area contributed by atoms with Gasteiger partial charge in [-0.3, -0.25) is 0 Å². The van der Waals surface area contributed by atoms with Crippen LogP contribution in [0.3, 0.4) is 0 Å². The first kappa shape index (κ1) is 16.9. The third kappa shape index (κ3) is 4.25. The van der Waals surface area contributed by atoms with Gasteiger partial charge in [0.05, 0.1) is 6.61 Å². The van der Waals surface area contributed by atoms with Crippen LogP contribution in [0.5, 0.6) is 5.75 Å². The summed E-state index contributed by atoms with van der Waals surface area (Å²) < 4.78 is 5.80. The minimum atomic E-state index is 0.327. The van der Waals surface area contributed by atoms with E-state index in [9.17, 15) is 0 Å². The van der Waals surface area contributed by atoms with Gasteiger partial charge in [0.2, 0.25) is 0 Å². The zero-order valence-electron chi connectivity index (χ0n) is 13.5. The van der Waals surface area contributed by atoms with Gasteiger partial charge in [-0.05, 0) is 80.6 Å². The van der Waals surface area contributed by atoms with Crippen molar-refractivity contribution in [2.75, 3.05) is 13.2 Å². The highest BCUT2D eigenvalue weighted by atomic mass is 35.5. The Kier molecular flexibility index (Phi) is 5.87. The molecule has 1 unspecified atom stereocenters. The number of halogens is 1. The van der Waals surface area contributed by atoms with Gasteiger partial charge in [0, 0.05) is 5.02 Å². The average Bonchev–Trinajstić information content (AvgIpc) is 2.46. The molecule has 0 aromatic heterocycles. The average molecular weight is 318 g/mol. The van der Waals surface area contributed by atoms with Gasteiger partial charge < -0.3 is 10.5 Å². The molecule has 0 aliphatic rings. The zero-order chi connectivity index (χ0) is 16.1. The van der Waals surface area contributed by atoms with Gasteiger partial charge in [-0.15, -0.1) is 0 Å². The fourth-order valence-electron chi connectivity index (χ4n) is 3.07. The molecule has 0 radical (unpaired) electrons. The molecule has 0 amide bonds. The van der Waals surface area contributed by atoms with Crippen LogP contribution in [-0.2, 0) is 0 Å². The second-order valence-corrected chi connectivity index (χ2v) is 6.27. The smallest absolute Gasteiger partial charge is 0.119 e. The van der Waals surface area contributed by atoms with Crippen LogP contribution in [0.4, 0.5) is 0 Å². The Morgan fingerprint density at radius 1 is 1.05 bits per heavy atom. The molecule has 0 heterocycles. The second-order valence-electron chi connectivity index (χ2n) is 5.84. The van der Waals surface area contributed by atoms with Gasteiger partial charge in [0.25, 0.3) is 0 Å². The maximum Gasteiger partial charge on any atom is 0.119 e. The number of rotatable bonds is 6. The molecule has 0 bridgehead atoms. The van der Waals surface area contributed by atoms with Crippen LogP contribution in [-0.4, -0.2) is 13.2 Å². The van der Waals surface area contributed by atoms with Crippen LogP contribution >= 0.6 is 11.6 Å². The van der Waals surface area contributed by atoms with Crippen LogP contribution in [0.15, 0.2) is 36.4 Å². The molecule has 2 aromatic rings. The molecular formula is C19H24ClNO. The third-order valence-corrected chi connectivity index (χ3v) is 4.23. The summed E-state index contributed by atoms with van der Waals surface area (Å²) in [5.41, 5.74) is 11.3. The van der Waals surface area contributed by atoms with Crippen LogP contribution in [0.25, 0.3) is 0 Å². The van der Waals surface area contributed by atoms with E-state index in [1.807, 2.05) is 24.3 Å². The molecule has 1 atom stereocenters. The van der Waals surface area contributed by atoms with Crippen LogP contribution in [0.2, 0.25) is 5.02 Å². The van der Waals surface area contributed by atoms with Crippen LogP contribution in [0.1, 0.15) is 34.6 Å². The summed E-state index contributed by atoms with van der Waals surface area (Å²) in [6.45, 7) is 7.74. The van der Waals surface area contributed by atoms with Crippen LogP contribution < -0.4 is 10.5 Å². The summed E-state index contributed by atoms with van der Waals surface area (Å²) >= 11 is 5.87. The van der Waals surface area contributed by atoms with E-state index in [0.717, 1.165) is 17.2 Å². The van der Waals surface area contributed by atoms with Crippen molar-refractivity contribution in [2.24, 2.45) is 5.73 Å². The normalized spacial score (nSPS) is 12.2. The van der Waals surface area contributed by atoms with Crippen molar-refractivity contribution in [1.82, 2.24) is 0 Å². The Balaban J connectivity index is 2.02. The maximum absolute atomic E-state index is 6.01. The number of hydrogen-bond donors (Lipinski definition) is 1. The Morgan fingerprint density at radius 2 is 1.64 bits per heavy atom. The van der Waals surface area contributed by atoms with Crippen molar-refractivity contribution >= 4 is 11.6 Å². The molecule has 3 heteroatoms. The van der Waals surface area contributed by atoms with Crippen molar-refractivity contribution in [1.29, 1.82) is 0 Å². The fraction of sp³-hybridized carbons (Fsp3) is 0.368. The molecular weight excluding hydrogens is 294 g/mol. The van der Waals surface area contributed by atoms with Crippen molar-refractivity contribution in [2.45, 2.75) is 33.1 Å². The predicted octanol–water partition coefficient (Wildman–Crippen LogP) is 4.78. The van der Waals surface area contributed by atoms with Crippen molar-refractivity contribution in [3.05, 3.63) is 63.7 Å². The van der Waals surface area contributed by atoms with E-state index in [1.54, 1.807) is 0 Å². The number of benzene rings is 2. The molecule has 2 aromatic carbocycles. The first-order valence-corrected chi connectivity index (χ1v) is 8.05. The van der Waals surface area contributed by atoms with Gasteiger partial charge in [0.1, 0.15) is 5.75 Å². The molecule has 0 aliphatic carbocycles. The van der Waals surface area contributed by atoms with E-state index in [1.165, 1.54) is 22.3 Å². The Hall–Kier alpha value is -1.51. The molecule has 0 saturated carbocycles. The summed E-state index contributed by atoms with van der Waals surface area (Å²) in [7, 11) is 0. The summed E-state index contributed by atoms with van der Waals surface area (Å²) in [4.78, 5) is 0. The number of aryl methyl sites for hydroxylation is 3. The van der Waals surface area contributed by atoms with E-state index >= 15 is 0 Å². The highest BCUT2D eigenvalue weighted by Gasteiger charge is 2.15. The van der Waals surface area contributed by atoms with Gasteiger partial charge in [-0.2, -0.15) is 0 Å². The van der Waals surface area contributed by atoms with E-state index in [2.05, 4.69) is 32.9 Å². The summed E-state index contributed by atoms with van der Waals surface area (Å²) in [5, 5.41) is 0.720. The minimum Gasteiger partial charge on any atom is -0.494 e. The number of hydrogen-bond acceptors (Lipinski definition) is 2. The molecule has 0 aliphatic heterocycles. The minimum absolute atomic E-state index is 0.327. The first-order chi connectivity index (χ1) is 10.5. The summed E-state index contributed by atoms with van der Waals surface area (Å²) in [5.74, 6) is 1.17. The first-order valence-electron chi connectivity index (χ1n) is 7.67. The molecule has 2 rings (SSSR count). The zero-order valence-corrected chi connectivity index (χ0v) is 14.3. The van der Waals surface area contributed by atoms with Gasteiger partial charge >= 0.3 is 0 Å². The van der Waals surface area contributed by atoms with Crippen molar-refractivity contribution in [3.63, 3.8) is 0 Å². The molecule has 2 N–H and O–H groups in total. The Labute approximate surface area is 138 Å². The number of ether oxygens (including phenoxy) is 1. The van der Waals surface area contributed by atoms with Crippen LogP contribution in [0, 0.1) is 20.8 Å². The highest BCUT2D eigenvalue weighted by molar-refractivity contribution is 6.30. The monoisotopic (exact) mass is 317 g/mol. The topological polar surface area (TPSA) is 35.2 Å². The highest BCUT2D eigenvalue weighted by Crippen LogP contribution is 2.27. The van der Waals surface area contributed by atoms with E-state index in [-0.39, 0.29) is 0 Å². The molecule has 2 nitrogen and oxygen atoms in total. The maximum atomic E-state index is 6.01. The van der Waals surface area contributed by atoms with Gasteiger partial charge in [0.15, 0.2) is 0 Å². The molecule has 0 fully saturated rings. The van der Waals surface area contributed by atoms with E-state index in [0.29, 0.717) is 19.1 Å². The van der Waals surface area contributed by atoms with E-state index < -0.39 is 0 Å². The molecule has 22 heavy (non-hydrogen) atoms. The lowest BCUT2D eigenvalue weighted by Gasteiger charge is -2.21.